The number of hydrogen-bond donors (Lipinski definition) is 1. The summed E-state index contributed by atoms with van der Waals surface area (Å²) in [6.45, 7) is 4.13. The van der Waals surface area contributed by atoms with Gasteiger partial charge in [0.05, 0.1) is 11.8 Å². The van der Waals surface area contributed by atoms with Crippen molar-refractivity contribution in [3.05, 3.63) is 27.7 Å². The number of halogens is 1. The SMILES string of the molecule is Cc1cc(NC(=O)CCN2C(=O)C3C4CCC(C4)C3C2=O)cc(C)c1Br. The van der Waals surface area contributed by atoms with Crippen LogP contribution in [-0.2, 0) is 14.4 Å². The van der Waals surface area contributed by atoms with Crippen molar-refractivity contribution in [2.24, 2.45) is 23.7 Å². The van der Waals surface area contributed by atoms with Crippen molar-refractivity contribution >= 4 is 39.3 Å². The van der Waals surface area contributed by atoms with Crippen LogP contribution in [0.15, 0.2) is 16.6 Å². The van der Waals surface area contributed by atoms with Gasteiger partial charge < -0.3 is 5.32 Å². The van der Waals surface area contributed by atoms with Crippen molar-refractivity contribution in [1.82, 2.24) is 4.90 Å². The number of nitrogens with zero attached hydrogens (tertiary/aromatic N) is 1. The third-order valence-electron chi connectivity index (χ3n) is 6.30. The largest absolute Gasteiger partial charge is 0.326 e. The molecule has 1 aliphatic heterocycles. The standard InChI is InChI=1S/C20H23BrN2O3/c1-10-7-14(8-11(2)18(10)21)22-15(24)5-6-23-19(25)16-12-3-4-13(9-12)17(16)20(23)26/h7-8,12-13,16-17H,3-6,9H2,1-2H3,(H,22,24). The maximum atomic E-state index is 12.7. The minimum Gasteiger partial charge on any atom is -0.326 e. The van der Waals surface area contributed by atoms with E-state index in [1.165, 1.54) is 4.90 Å². The molecule has 5 nitrogen and oxygen atoms in total. The molecule has 4 unspecified atom stereocenters. The third kappa shape index (κ3) is 2.79. The molecule has 2 saturated carbocycles. The van der Waals surface area contributed by atoms with Gasteiger partial charge in [-0.3, -0.25) is 19.3 Å². The summed E-state index contributed by atoms with van der Waals surface area (Å²) in [5, 5.41) is 2.88. The van der Waals surface area contributed by atoms with E-state index in [1.807, 2.05) is 26.0 Å². The van der Waals surface area contributed by atoms with E-state index in [0.29, 0.717) is 11.8 Å². The van der Waals surface area contributed by atoms with Gasteiger partial charge >= 0.3 is 0 Å². The number of nitrogens with one attached hydrogen (secondary N) is 1. The van der Waals surface area contributed by atoms with Gasteiger partial charge in [-0.1, -0.05) is 15.9 Å². The number of rotatable bonds is 4. The van der Waals surface area contributed by atoms with Gasteiger partial charge in [-0.2, -0.15) is 0 Å². The summed E-state index contributed by atoms with van der Waals surface area (Å²) in [6, 6.07) is 3.81. The fourth-order valence-corrected chi connectivity index (χ4v) is 5.37. The Morgan fingerprint density at radius 2 is 1.65 bits per heavy atom. The van der Waals surface area contributed by atoms with E-state index in [-0.39, 0.29) is 42.5 Å². The van der Waals surface area contributed by atoms with Crippen LogP contribution in [0.1, 0.15) is 36.8 Å². The first-order valence-corrected chi connectivity index (χ1v) is 10.1. The maximum absolute atomic E-state index is 12.7. The Balaban J connectivity index is 1.38. The third-order valence-corrected chi connectivity index (χ3v) is 7.55. The highest BCUT2D eigenvalue weighted by atomic mass is 79.9. The van der Waals surface area contributed by atoms with E-state index in [1.54, 1.807) is 0 Å². The summed E-state index contributed by atoms with van der Waals surface area (Å²) < 4.78 is 1.03. The zero-order valence-corrected chi connectivity index (χ0v) is 16.6. The van der Waals surface area contributed by atoms with E-state index in [4.69, 9.17) is 0 Å². The van der Waals surface area contributed by atoms with Crippen LogP contribution in [0.2, 0.25) is 0 Å². The number of hydrogen-bond acceptors (Lipinski definition) is 3. The molecule has 1 saturated heterocycles. The second-order valence-electron chi connectivity index (χ2n) is 7.94. The van der Waals surface area contributed by atoms with Gasteiger partial charge in [0.15, 0.2) is 0 Å². The lowest BCUT2D eigenvalue weighted by Gasteiger charge is -2.19. The van der Waals surface area contributed by atoms with Crippen LogP contribution in [0.4, 0.5) is 5.69 Å². The fraction of sp³-hybridized carbons (Fsp3) is 0.550. The number of fused-ring (bicyclic) bond motifs is 5. The van der Waals surface area contributed by atoms with E-state index in [2.05, 4.69) is 21.2 Å². The molecular weight excluding hydrogens is 396 g/mol. The Bertz CT molecular complexity index is 755. The molecule has 1 aromatic rings. The molecule has 0 aromatic heterocycles. The molecule has 0 radical (unpaired) electrons. The minimum absolute atomic E-state index is 0.0460. The summed E-state index contributed by atoms with van der Waals surface area (Å²) in [7, 11) is 0. The van der Waals surface area contributed by atoms with Crippen molar-refractivity contribution in [3.63, 3.8) is 0 Å². The lowest BCUT2D eigenvalue weighted by Crippen LogP contribution is -2.35. The number of amides is 3. The Morgan fingerprint density at radius 1 is 1.12 bits per heavy atom. The highest BCUT2D eigenvalue weighted by Gasteiger charge is 2.60. The van der Waals surface area contributed by atoms with Crippen molar-refractivity contribution < 1.29 is 14.4 Å². The average molecular weight is 419 g/mol. The predicted octanol–water partition coefficient (Wildman–Crippen LogP) is 3.43. The van der Waals surface area contributed by atoms with Crippen LogP contribution >= 0.6 is 15.9 Å². The van der Waals surface area contributed by atoms with E-state index < -0.39 is 0 Å². The number of imide groups is 1. The van der Waals surface area contributed by atoms with Gasteiger partial charge in [0.25, 0.3) is 0 Å². The zero-order chi connectivity index (χ0) is 18.6. The second kappa shape index (κ2) is 6.48. The molecule has 3 aliphatic rings. The molecule has 26 heavy (non-hydrogen) atoms. The summed E-state index contributed by atoms with van der Waals surface area (Å²) in [6.07, 6.45) is 3.31. The number of carbonyl (C=O) groups is 3. The Morgan fingerprint density at radius 3 is 2.19 bits per heavy atom. The number of benzene rings is 1. The quantitative estimate of drug-likeness (QED) is 0.761. The van der Waals surface area contributed by atoms with Crippen molar-refractivity contribution in [3.8, 4) is 0 Å². The first-order chi connectivity index (χ1) is 12.4. The average Bonchev–Trinajstić information content (AvgIpc) is 3.26. The number of likely N-dealkylation sites (tertiary alicyclic amines) is 1. The molecule has 138 valence electrons. The van der Waals surface area contributed by atoms with Crippen molar-refractivity contribution in [2.75, 3.05) is 11.9 Å². The summed E-state index contributed by atoms with van der Waals surface area (Å²) in [5.41, 5.74) is 2.84. The molecule has 3 fully saturated rings. The molecule has 1 N–H and O–H groups in total. The lowest BCUT2D eigenvalue weighted by atomic mass is 9.81. The topological polar surface area (TPSA) is 66.5 Å². The molecule has 0 spiro atoms. The summed E-state index contributed by atoms with van der Waals surface area (Å²) >= 11 is 3.51. The first kappa shape index (κ1) is 17.7. The fourth-order valence-electron chi connectivity index (χ4n) is 5.15. The number of aryl methyl sites for hydroxylation is 2. The molecule has 3 amide bonds. The molecular formula is C20H23BrN2O3. The second-order valence-corrected chi connectivity index (χ2v) is 8.73. The minimum atomic E-state index is -0.174. The molecule has 4 rings (SSSR count). The maximum Gasteiger partial charge on any atom is 0.233 e. The molecule has 2 bridgehead atoms. The van der Waals surface area contributed by atoms with Crippen molar-refractivity contribution in [2.45, 2.75) is 39.5 Å². The molecule has 6 heteroatoms. The molecule has 2 aliphatic carbocycles. The summed E-state index contributed by atoms with van der Waals surface area (Å²) in [5.74, 6) is 0.280. The Labute approximate surface area is 161 Å². The first-order valence-electron chi connectivity index (χ1n) is 9.28. The number of anilines is 1. The predicted molar refractivity (Wildman–Crippen MR) is 101 cm³/mol. The Hall–Kier alpha value is -1.69. The van der Waals surface area contributed by atoms with Crippen LogP contribution in [0.5, 0.6) is 0 Å². The van der Waals surface area contributed by atoms with Crippen LogP contribution < -0.4 is 5.32 Å². The van der Waals surface area contributed by atoms with E-state index >= 15 is 0 Å². The van der Waals surface area contributed by atoms with Gasteiger partial charge in [0, 0.05) is 23.1 Å². The number of carbonyl (C=O) groups excluding carboxylic acids is 3. The molecule has 1 aromatic carbocycles. The van der Waals surface area contributed by atoms with E-state index in [9.17, 15) is 14.4 Å². The van der Waals surface area contributed by atoms with Gasteiger partial charge in [-0.25, -0.2) is 0 Å². The highest BCUT2D eigenvalue weighted by molar-refractivity contribution is 9.10. The normalized spacial score (nSPS) is 29.4. The van der Waals surface area contributed by atoms with Crippen LogP contribution in [0, 0.1) is 37.5 Å². The molecule has 4 atom stereocenters. The van der Waals surface area contributed by atoms with Gasteiger partial charge in [0.1, 0.15) is 0 Å². The van der Waals surface area contributed by atoms with Crippen LogP contribution in [0.25, 0.3) is 0 Å². The zero-order valence-electron chi connectivity index (χ0n) is 15.0. The van der Waals surface area contributed by atoms with Gasteiger partial charge in [-0.05, 0) is 68.2 Å². The Kier molecular flexibility index (Phi) is 4.41. The molecule has 1 heterocycles. The van der Waals surface area contributed by atoms with Crippen LogP contribution in [0.3, 0.4) is 0 Å². The van der Waals surface area contributed by atoms with Crippen LogP contribution in [-0.4, -0.2) is 29.2 Å². The summed E-state index contributed by atoms with van der Waals surface area (Å²) in [4.78, 5) is 39.0. The van der Waals surface area contributed by atoms with Gasteiger partial charge in [0.2, 0.25) is 17.7 Å². The van der Waals surface area contributed by atoms with E-state index in [0.717, 1.165) is 40.5 Å². The highest BCUT2D eigenvalue weighted by Crippen LogP contribution is 2.56. The smallest absolute Gasteiger partial charge is 0.233 e. The monoisotopic (exact) mass is 418 g/mol. The lowest BCUT2D eigenvalue weighted by molar-refractivity contribution is -0.140. The van der Waals surface area contributed by atoms with Crippen molar-refractivity contribution in [1.29, 1.82) is 0 Å². The van der Waals surface area contributed by atoms with Gasteiger partial charge in [-0.15, -0.1) is 0 Å².